The normalized spacial score (nSPS) is 4.00. The van der Waals surface area contributed by atoms with Gasteiger partial charge in [-0.3, -0.25) is 0 Å². The van der Waals surface area contributed by atoms with Crippen molar-refractivity contribution in [3.8, 4) is 0 Å². The van der Waals surface area contributed by atoms with Crippen LogP contribution in [0.3, 0.4) is 0 Å². The molecule has 0 heterocycles. The Kier molecular flexibility index (Phi) is 27.1. The maximum absolute atomic E-state index is 8.56. The predicted octanol–water partition coefficient (Wildman–Crippen LogP) is -5.30. The molecule has 0 aliphatic carbocycles. The summed E-state index contributed by atoms with van der Waals surface area (Å²) in [7, 11) is 0. The van der Waals surface area contributed by atoms with Crippen molar-refractivity contribution >= 4 is 6.16 Å². The van der Waals surface area contributed by atoms with E-state index in [4.69, 9.17) is 15.0 Å². The van der Waals surface area contributed by atoms with Gasteiger partial charge in [-0.15, -0.1) is 0 Å². The van der Waals surface area contributed by atoms with Gasteiger partial charge in [-0.1, -0.05) is 0 Å². The molecular formula is CH6CsNaO3. The number of hydrogen-bond donors (Lipinski definition) is 2. The standard InChI is InChI=1S/CH2O3.Cs.Na.H2.2H/c2-1(3)4;;;;;/h(H2,2,3,4);;;1H;;/q;2*+1;;2*-1. The molecule has 0 spiro atoms. The Labute approximate surface area is 121 Å². The average Bonchev–Trinajstić information content (AvgIpc) is 0.811. The molecule has 0 saturated heterocycles. The molecule has 0 aromatic carbocycles. The minimum Gasteiger partial charge on any atom is -1.00 e. The minimum absolute atomic E-state index is 0. The summed E-state index contributed by atoms with van der Waals surface area (Å²) in [6.07, 6.45) is -1.83. The molecule has 0 atom stereocenters. The molecular weight excluding hydrogens is 216 g/mol. The van der Waals surface area contributed by atoms with Crippen LogP contribution in [0.25, 0.3) is 0 Å². The van der Waals surface area contributed by atoms with E-state index in [1.165, 1.54) is 0 Å². The third kappa shape index (κ3) is 33.2. The van der Waals surface area contributed by atoms with Crippen molar-refractivity contribution in [3.05, 3.63) is 0 Å². The second-order valence-electron chi connectivity index (χ2n) is 0.283. The zero-order chi connectivity index (χ0) is 3.58. The van der Waals surface area contributed by atoms with Crippen LogP contribution in [0.4, 0.5) is 4.79 Å². The fourth-order valence-electron chi connectivity index (χ4n) is 0. The van der Waals surface area contributed by atoms with Crippen LogP contribution >= 0.6 is 0 Å². The molecule has 0 aliphatic heterocycles. The number of carbonyl (C=O) groups is 1. The smallest absolute Gasteiger partial charge is 1.00 e. The van der Waals surface area contributed by atoms with Gasteiger partial charge in [-0.05, 0) is 0 Å². The molecule has 5 heteroatoms. The molecule has 0 saturated carbocycles. The maximum atomic E-state index is 8.56. The van der Waals surface area contributed by atoms with Gasteiger partial charge < -0.3 is 13.1 Å². The average molecular weight is 222 g/mol. The SMILES string of the molecule is O=C(O)O.[Cs+].[H-].[H-].[HH].[Na+]. The third-order valence-electron chi connectivity index (χ3n) is 0. The second kappa shape index (κ2) is 10.3. The Morgan fingerprint density at radius 2 is 1.67 bits per heavy atom. The summed E-state index contributed by atoms with van der Waals surface area (Å²) in [5, 5.41) is 13.9. The van der Waals surface area contributed by atoms with Crippen LogP contribution < -0.4 is 98.5 Å². The molecule has 6 heavy (non-hydrogen) atoms. The van der Waals surface area contributed by atoms with Crippen LogP contribution in [0, 0.1) is 0 Å². The fraction of sp³-hybridized carbons (Fsp3) is 0. The first kappa shape index (κ1) is 15.8. The second-order valence-corrected chi connectivity index (χ2v) is 0.283. The van der Waals surface area contributed by atoms with E-state index >= 15 is 0 Å². The summed E-state index contributed by atoms with van der Waals surface area (Å²) < 4.78 is 0. The summed E-state index contributed by atoms with van der Waals surface area (Å²) in [4.78, 5) is 8.56. The van der Waals surface area contributed by atoms with Crippen LogP contribution in [0.2, 0.25) is 0 Å². The molecule has 0 aromatic heterocycles. The molecule has 0 fully saturated rings. The van der Waals surface area contributed by atoms with Crippen LogP contribution in [0.5, 0.6) is 0 Å². The maximum Gasteiger partial charge on any atom is 1.00 e. The van der Waals surface area contributed by atoms with E-state index in [1.54, 1.807) is 0 Å². The van der Waals surface area contributed by atoms with E-state index < -0.39 is 6.16 Å². The predicted molar refractivity (Wildman–Crippen MR) is 15.0 cm³/mol. The van der Waals surface area contributed by atoms with E-state index in [-0.39, 0.29) is 103 Å². The summed E-state index contributed by atoms with van der Waals surface area (Å²) in [5.74, 6) is 0. The van der Waals surface area contributed by atoms with Crippen molar-refractivity contribution in [3.63, 3.8) is 0 Å². The third-order valence-corrected chi connectivity index (χ3v) is 0. The van der Waals surface area contributed by atoms with Crippen molar-refractivity contribution in [2.75, 3.05) is 0 Å². The Balaban J connectivity index is -0.00000000450. The molecule has 0 aromatic rings. The number of carboxylic acid groups (broad SMARTS) is 2. The van der Waals surface area contributed by atoms with E-state index in [1.807, 2.05) is 0 Å². The van der Waals surface area contributed by atoms with Gasteiger partial charge in [0.1, 0.15) is 0 Å². The molecule has 3 nitrogen and oxygen atoms in total. The van der Waals surface area contributed by atoms with E-state index in [0.29, 0.717) is 0 Å². The Hall–Kier alpha value is 2.32. The zero-order valence-electron chi connectivity index (χ0n) is 5.80. The zero-order valence-corrected chi connectivity index (χ0v) is 12.1. The van der Waals surface area contributed by atoms with Crippen LogP contribution in [-0.4, -0.2) is 16.4 Å². The van der Waals surface area contributed by atoms with Crippen LogP contribution in [-0.2, 0) is 0 Å². The molecule has 0 radical (unpaired) electrons. The van der Waals surface area contributed by atoms with Crippen molar-refractivity contribution in [1.82, 2.24) is 0 Å². The quantitative estimate of drug-likeness (QED) is 0.402. The van der Waals surface area contributed by atoms with Gasteiger partial charge in [-0.2, -0.15) is 0 Å². The fourth-order valence-corrected chi connectivity index (χ4v) is 0. The largest absolute Gasteiger partial charge is 1.00 e. The van der Waals surface area contributed by atoms with Crippen LogP contribution in [0.1, 0.15) is 4.28 Å². The van der Waals surface area contributed by atoms with E-state index in [0.717, 1.165) is 0 Å². The molecule has 0 unspecified atom stereocenters. The van der Waals surface area contributed by atoms with Gasteiger partial charge in [0.2, 0.25) is 0 Å². The van der Waals surface area contributed by atoms with Gasteiger partial charge in [0.15, 0.2) is 0 Å². The Bertz CT molecular complexity index is 42.0. The Morgan fingerprint density at radius 1 is 1.67 bits per heavy atom. The van der Waals surface area contributed by atoms with Gasteiger partial charge >= 0.3 is 105 Å². The minimum atomic E-state index is -1.83. The first-order chi connectivity index (χ1) is 1.73. The summed E-state index contributed by atoms with van der Waals surface area (Å²) in [5.41, 5.74) is 0. The van der Waals surface area contributed by atoms with Crippen molar-refractivity contribution < 1.29 is 118 Å². The van der Waals surface area contributed by atoms with Gasteiger partial charge in [0, 0.05) is 1.43 Å². The van der Waals surface area contributed by atoms with Gasteiger partial charge in [0.05, 0.1) is 0 Å². The van der Waals surface area contributed by atoms with Crippen molar-refractivity contribution in [2.24, 2.45) is 0 Å². The number of rotatable bonds is 0. The van der Waals surface area contributed by atoms with Crippen molar-refractivity contribution in [2.45, 2.75) is 0 Å². The Morgan fingerprint density at radius 3 is 1.67 bits per heavy atom. The molecule has 0 amide bonds. The van der Waals surface area contributed by atoms with Gasteiger partial charge in [-0.25, -0.2) is 4.79 Å². The van der Waals surface area contributed by atoms with E-state index in [2.05, 4.69) is 0 Å². The molecule has 30 valence electrons. The van der Waals surface area contributed by atoms with E-state index in [9.17, 15) is 0 Å². The summed E-state index contributed by atoms with van der Waals surface area (Å²) in [6, 6.07) is 0. The molecule has 0 aliphatic rings. The molecule has 0 rings (SSSR count). The molecule has 2 N–H and O–H groups in total. The molecule has 0 bridgehead atoms. The number of hydrogen-bond acceptors (Lipinski definition) is 1. The topological polar surface area (TPSA) is 57.5 Å². The van der Waals surface area contributed by atoms with Crippen LogP contribution in [0.15, 0.2) is 0 Å². The first-order valence-electron chi connectivity index (χ1n) is 0.651. The monoisotopic (exact) mass is 222 g/mol. The summed E-state index contributed by atoms with van der Waals surface area (Å²) in [6.45, 7) is 0. The van der Waals surface area contributed by atoms with Gasteiger partial charge in [0.25, 0.3) is 0 Å². The summed E-state index contributed by atoms with van der Waals surface area (Å²) >= 11 is 0. The first-order valence-corrected chi connectivity index (χ1v) is 0.651. The van der Waals surface area contributed by atoms with Crippen molar-refractivity contribution in [1.29, 1.82) is 0 Å².